The highest BCUT2D eigenvalue weighted by Gasteiger charge is 2.16. The predicted octanol–water partition coefficient (Wildman–Crippen LogP) is 2.72. The summed E-state index contributed by atoms with van der Waals surface area (Å²) in [7, 11) is 1.41. The maximum atomic E-state index is 11.6. The molecule has 0 aliphatic carbocycles. The van der Waals surface area contributed by atoms with Crippen LogP contribution >= 0.6 is 0 Å². The number of allylic oxidation sites excluding steroid dienone is 2. The number of aryl methyl sites for hydroxylation is 1. The van der Waals surface area contributed by atoms with Crippen LogP contribution in [0.25, 0.3) is 0 Å². The van der Waals surface area contributed by atoms with E-state index in [0.717, 1.165) is 18.5 Å². The molecule has 3 nitrogen and oxygen atoms in total. The first-order chi connectivity index (χ1) is 7.65. The zero-order valence-corrected chi connectivity index (χ0v) is 10.4. The molecule has 88 valence electrons. The SMILES string of the molecule is C/C=C/Cn1c(C(=O)OC)cc(C)c1CC. The summed E-state index contributed by atoms with van der Waals surface area (Å²) >= 11 is 0. The maximum absolute atomic E-state index is 11.6. The van der Waals surface area contributed by atoms with Crippen molar-refractivity contribution in [3.8, 4) is 0 Å². The minimum atomic E-state index is -0.271. The lowest BCUT2D eigenvalue weighted by Gasteiger charge is -2.09. The molecule has 0 unspecified atom stereocenters. The first kappa shape index (κ1) is 12.6. The summed E-state index contributed by atoms with van der Waals surface area (Å²) in [5.41, 5.74) is 2.97. The van der Waals surface area contributed by atoms with Gasteiger partial charge >= 0.3 is 5.97 Å². The molecular weight excluding hydrogens is 202 g/mol. The van der Waals surface area contributed by atoms with Crippen molar-refractivity contribution in [2.45, 2.75) is 33.7 Å². The summed E-state index contributed by atoms with van der Waals surface area (Å²) in [6, 6.07) is 1.90. The van der Waals surface area contributed by atoms with Crippen LogP contribution in [-0.2, 0) is 17.7 Å². The van der Waals surface area contributed by atoms with Gasteiger partial charge in [-0.25, -0.2) is 4.79 Å². The Kier molecular flexibility index (Phi) is 4.35. The molecule has 0 aliphatic heterocycles. The fourth-order valence-electron chi connectivity index (χ4n) is 1.89. The molecule has 0 saturated heterocycles. The van der Waals surface area contributed by atoms with Crippen LogP contribution in [0.1, 0.15) is 35.6 Å². The van der Waals surface area contributed by atoms with E-state index in [1.165, 1.54) is 12.8 Å². The third-order valence-corrected chi connectivity index (χ3v) is 2.68. The van der Waals surface area contributed by atoms with E-state index in [0.29, 0.717) is 5.69 Å². The van der Waals surface area contributed by atoms with Crippen molar-refractivity contribution in [2.75, 3.05) is 7.11 Å². The van der Waals surface area contributed by atoms with Gasteiger partial charge in [0.15, 0.2) is 0 Å². The van der Waals surface area contributed by atoms with Crippen molar-refractivity contribution < 1.29 is 9.53 Å². The molecule has 0 radical (unpaired) electrons. The molecule has 1 heterocycles. The third-order valence-electron chi connectivity index (χ3n) is 2.68. The summed E-state index contributed by atoms with van der Waals surface area (Å²) in [4.78, 5) is 11.6. The van der Waals surface area contributed by atoms with Gasteiger partial charge in [-0.05, 0) is 31.9 Å². The van der Waals surface area contributed by atoms with Crippen LogP contribution in [-0.4, -0.2) is 17.6 Å². The molecule has 1 aromatic heterocycles. The number of rotatable bonds is 4. The maximum Gasteiger partial charge on any atom is 0.354 e. The second-order valence-corrected chi connectivity index (χ2v) is 3.68. The molecule has 0 aromatic carbocycles. The van der Waals surface area contributed by atoms with Gasteiger partial charge in [0.25, 0.3) is 0 Å². The topological polar surface area (TPSA) is 31.2 Å². The Hall–Kier alpha value is -1.51. The van der Waals surface area contributed by atoms with Gasteiger partial charge in [0.1, 0.15) is 5.69 Å². The molecule has 16 heavy (non-hydrogen) atoms. The van der Waals surface area contributed by atoms with E-state index < -0.39 is 0 Å². The summed E-state index contributed by atoms with van der Waals surface area (Å²) in [6.45, 7) is 6.81. The molecule has 0 saturated carbocycles. The van der Waals surface area contributed by atoms with Crippen molar-refractivity contribution in [3.05, 3.63) is 35.2 Å². The molecule has 3 heteroatoms. The quantitative estimate of drug-likeness (QED) is 0.578. The van der Waals surface area contributed by atoms with Crippen molar-refractivity contribution >= 4 is 5.97 Å². The number of methoxy groups -OCH3 is 1. The van der Waals surface area contributed by atoms with Crippen LogP contribution in [0.5, 0.6) is 0 Å². The van der Waals surface area contributed by atoms with Crippen molar-refractivity contribution in [1.82, 2.24) is 4.57 Å². The van der Waals surface area contributed by atoms with E-state index in [9.17, 15) is 4.79 Å². The van der Waals surface area contributed by atoms with E-state index in [-0.39, 0.29) is 5.97 Å². The lowest BCUT2D eigenvalue weighted by Crippen LogP contribution is -2.12. The molecule has 1 rings (SSSR count). The minimum Gasteiger partial charge on any atom is -0.464 e. The number of carbonyl (C=O) groups is 1. The number of aromatic nitrogens is 1. The van der Waals surface area contributed by atoms with Crippen molar-refractivity contribution in [3.63, 3.8) is 0 Å². The fourth-order valence-corrected chi connectivity index (χ4v) is 1.89. The molecular formula is C13H19NO2. The van der Waals surface area contributed by atoms with Gasteiger partial charge in [0, 0.05) is 12.2 Å². The highest BCUT2D eigenvalue weighted by molar-refractivity contribution is 5.88. The lowest BCUT2D eigenvalue weighted by atomic mass is 10.2. The number of ether oxygens (including phenoxy) is 1. The highest BCUT2D eigenvalue weighted by Crippen LogP contribution is 2.17. The zero-order chi connectivity index (χ0) is 12.1. The number of hydrogen-bond donors (Lipinski definition) is 0. The van der Waals surface area contributed by atoms with Gasteiger partial charge in [-0.15, -0.1) is 0 Å². The molecule has 0 spiro atoms. The van der Waals surface area contributed by atoms with Crippen LogP contribution in [0.4, 0.5) is 0 Å². The molecule has 0 aliphatic rings. The fraction of sp³-hybridized carbons (Fsp3) is 0.462. The first-order valence-electron chi connectivity index (χ1n) is 5.54. The van der Waals surface area contributed by atoms with Crippen LogP contribution in [0.15, 0.2) is 18.2 Å². The Labute approximate surface area is 96.7 Å². The Morgan fingerprint density at radius 1 is 1.56 bits per heavy atom. The number of esters is 1. The Morgan fingerprint density at radius 3 is 2.75 bits per heavy atom. The average Bonchev–Trinajstić information content (AvgIpc) is 2.61. The van der Waals surface area contributed by atoms with E-state index in [1.54, 1.807) is 0 Å². The summed E-state index contributed by atoms with van der Waals surface area (Å²) in [5, 5.41) is 0. The molecule has 0 atom stereocenters. The van der Waals surface area contributed by atoms with Gasteiger partial charge in [-0.2, -0.15) is 0 Å². The third kappa shape index (κ3) is 2.35. The van der Waals surface area contributed by atoms with Crippen LogP contribution in [0.2, 0.25) is 0 Å². The second-order valence-electron chi connectivity index (χ2n) is 3.68. The van der Waals surface area contributed by atoms with Crippen LogP contribution in [0, 0.1) is 6.92 Å². The van der Waals surface area contributed by atoms with E-state index in [2.05, 4.69) is 6.92 Å². The largest absolute Gasteiger partial charge is 0.464 e. The van der Waals surface area contributed by atoms with E-state index >= 15 is 0 Å². The standard InChI is InChI=1S/C13H19NO2/c1-5-7-8-14-11(6-2)10(3)9-12(14)13(15)16-4/h5,7,9H,6,8H2,1-4H3/b7-5+. The van der Waals surface area contributed by atoms with Gasteiger partial charge in [-0.1, -0.05) is 19.1 Å². The van der Waals surface area contributed by atoms with Gasteiger partial charge in [0.2, 0.25) is 0 Å². The van der Waals surface area contributed by atoms with Crippen LogP contribution < -0.4 is 0 Å². The predicted molar refractivity (Wildman–Crippen MR) is 64.7 cm³/mol. The number of carbonyl (C=O) groups excluding carboxylic acids is 1. The molecule has 0 amide bonds. The normalized spacial score (nSPS) is 11.0. The molecule has 0 fully saturated rings. The van der Waals surface area contributed by atoms with Crippen molar-refractivity contribution in [2.24, 2.45) is 0 Å². The summed E-state index contributed by atoms with van der Waals surface area (Å²) < 4.78 is 6.80. The minimum absolute atomic E-state index is 0.271. The second kappa shape index (κ2) is 5.54. The van der Waals surface area contributed by atoms with Gasteiger partial charge < -0.3 is 9.30 Å². The van der Waals surface area contributed by atoms with Gasteiger partial charge in [0.05, 0.1) is 7.11 Å². The Balaban J connectivity index is 3.21. The average molecular weight is 221 g/mol. The lowest BCUT2D eigenvalue weighted by molar-refractivity contribution is 0.0588. The first-order valence-corrected chi connectivity index (χ1v) is 5.54. The number of hydrogen-bond acceptors (Lipinski definition) is 2. The summed E-state index contributed by atoms with van der Waals surface area (Å²) in [5.74, 6) is -0.271. The van der Waals surface area contributed by atoms with E-state index in [1.807, 2.05) is 36.6 Å². The number of nitrogens with zero attached hydrogens (tertiary/aromatic N) is 1. The molecule has 0 N–H and O–H groups in total. The molecule has 1 aromatic rings. The van der Waals surface area contributed by atoms with Crippen LogP contribution in [0.3, 0.4) is 0 Å². The van der Waals surface area contributed by atoms with E-state index in [4.69, 9.17) is 4.74 Å². The van der Waals surface area contributed by atoms with Crippen molar-refractivity contribution in [1.29, 1.82) is 0 Å². The van der Waals surface area contributed by atoms with Gasteiger partial charge in [-0.3, -0.25) is 0 Å². The summed E-state index contributed by atoms with van der Waals surface area (Å²) in [6.07, 6.45) is 4.93. The smallest absolute Gasteiger partial charge is 0.354 e. The Bertz CT molecular complexity index is 402. The monoisotopic (exact) mass is 221 g/mol. The molecule has 0 bridgehead atoms. The highest BCUT2D eigenvalue weighted by atomic mass is 16.5. The zero-order valence-electron chi connectivity index (χ0n) is 10.4. The Morgan fingerprint density at radius 2 is 2.25 bits per heavy atom.